The topological polar surface area (TPSA) is 362 Å². The van der Waals surface area contributed by atoms with Gasteiger partial charge in [-0.15, -0.1) is 0 Å². The predicted molar refractivity (Wildman–Crippen MR) is 168 cm³/mol. The minimum absolute atomic E-state index is 0.0165. The molecule has 0 radical (unpaired) electrons. The normalized spacial score (nSPS) is 16.1. The molecule has 0 heterocycles. The van der Waals surface area contributed by atoms with E-state index in [4.69, 9.17) is 21.7 Å². The zero-order valence-corrected chi connectivity index (χ0v) is 28.0. The van der Waals surface area contributed by atoms with Gasteiger partial charge < -0.3 is 68.9 Å². The minimum Gasteiger partial charge on any atom is -0.480 e. The summed E-state index contributed by atoms with van der Waals surface area (Å²) in [6.45, 7) is 4.86. The van der Waals surface area contributed by atoms with E-state index in [0.717, 1.165) is 6.92 Å². The summed E-state index contributed by atoms with van der Waals surface area (Å²) in [4.78, 5) is 100. The van der Waals surface area contributed by atoms with Crippen molar-refractivity contribution >= 4 is 47.3 Å². The molecule has 0 aromatic rings. The first-order valence-corrected chi connectivity index (χ1v) is 15.3. The fourth-order valence-electron chi connectivity index (χ4n) is 4.10. The summed E-state index contributed by atoms with van der Waals surface area (Å²) >= 11 is 0. The summed E-state index contributed by atoms with van der Waals surface area (Å²) < 4.78 is 0. The van der Waals surface area contributed by atoms with Crippen molar-refractivity contribution in [1.82, 2.24) is 31.9 Å². The second kappa shape index (κ2) is 21.5. The fraction of sp³-hybridized carbons (Fsp3) is 0.714. The summed E-state index contributed by atoms with van der Waals surface area (Å²) in [6.07, 6.45) is -2.36. The number of carboxylic acid groups (broad SMARTS) is 1. The van der Waals surface area contributed by atoms with E-state index in [9.17, 15) is 53.7 Å². The number of nitrogens with two attached hydrogens (primary N) is 2. The highest BCUT2D eigenvalue weighted by atomic mass is 16.4. The van der Waals surface area contributed by atoms with Gasteiger partial charge in [0.2, 0.25) is 41.4 Å². The first-order valence-electron chi connectivity index (χ1n) is 15.3. The fourth-order valence-corrected chi connectivity index (χ4v) is 4.10. The Bertz CT molecular complexity index is 1180. The van der Waals surface area contributed by atoms with Crippen LogP contribution < -0.4 is 43.4 Å². The van der Waals surface area contributed by atoms with Gasteiger partial charge in [0.25, 0.3) is 0 Å². The molecule has 0 fully saturated rings. The summed E-state index contributed by atoms with van der Waals surface area (Å²) in [7, 11) is 0. The average Bonchev–Trinajstić information content (AvgIpc) is 3.00. The van der Waals surface area contributed by atoms with Crippen molar-refractivity contribution in [3.63, 3.8) is 0 Å². The van der Waals surface area contributed by atoms with Crippen molar-refractivity contribution in [2.45, 2.75) is 95.9 Å². The molecule has 0 saturated carbocycles. The van der Waals surface area contributed by atoms with Gasteiger partial charge in [0.05, 0.1) is 32.3 Å². The van der Waals surface area contributed by atoms with E-state index in [2.05, 4.69) is 31.9 Å². The number of carbonyl (C=O) groups excluding carboxylic acids is 7. The van der Waals surface area contributed by atoms with Crippen LogP contribution in [0.4, 0.5) is 0 Å². The first kappa shape index (κ1) is 44.6. The van der Waals surface area contributed by atoms with Gasteiger partial charge in [0.1, 0.15) is 42.3 Å². The molecule has 280 valence electrons. The predicted octanol–water partition coefficient (Wildman–Crippen LogP) is -6.76. The highest BCUT2D eigenvalue weighted by molar-refractivity contribution is 5.98. The number of hydrogen-bond acceptors (Lipinski definition) is 13. The van der Waals surface area contributed by atoms with Crippen LogP contribution in [-0.2, 0) is 38.4 Å². The Balaban J connectivity index is 6.02. The van der Waals surface area contributed by atoms with Gasteiger partial charge in [-0.05, 0) is 25.2 Å². The number of nitrogens with one attached hydrogen (secondary N) is 6. The molecule has 0 bridgehead atoms. The van der Waals surface area contributed by atoms with E-state index in [1.165, 1.54) is 0 Å². The van der Waals surface area contributed by atoms with Crippen molar-refractivity contribution < 1.29 is 63.9 Å². The molecule has 21 heteroatoms. The molecule has 0 unspecified atom stereocenters. The molecular weight excluding hydrogens is 656 g/mol. The molecule has 0 aliphatic rings. The lowest BCUT2D eigenvalue weighted by Gasteiger charge is -2.28. The second-order valence-corrected chi connectivity index (χ2v) is 12.0. The summed E-state index contributed by atoms with van der Waals surface area (Å²) in [5, 5.41) is 60.4. The molecule has 7 amide bonds. The van der Waals surface area contributed by atoms with Gasteiger partial charge in [-0.3, -0.25) is 33.6 Å². The van der Waals surface area contributed by atoms with Crippen molar-refractivity contribution in [3.8, 4) is 0 Å². The zero-order chi connectivity index (χ0) is 38.2. The molecule has 8 atom stereocenters. The molecule has 0 saturated heterocycles. The maximum absolute atomic E-state index is 13.3. The van der Waals surface area contributed by atoms with Crippen molar-refractivity contribution in [1.29, 1.82) is 0 Å². The lowest BCUT2D eigenvalue weighted by atomic mass is 9.99. The van der Waals surface area contributed by atoms with Crippen LogP contribution in [0.15, 0.2) is 0 Å². The molecule has 0 aromatic heterocycles. The Labute approximate surface area is 282 Å². The van der Waals surface area contributed by atoms with Gasteiger partial charge in [0.15, 0.2) is 0 Å². The number of carboxylic acids is 1. The molecule has 15 N–H and O–H groups in total. The average molecular weight is 707 g/mol. The number of aliphatic carboxylic acids is 1. The van der Waals surface area contributed by atoms with E-state index >= 15 is 0 Å². The van der Waals surface area contributed by atoms with Crippen molar-refractivity contribution in [3.05, 3.63) is 0 Å². The monoisotopic (exact) mass is 706 g/mol. The molecular formula is C28H50N8O13. The third kappa shape index (κ3) is 15.5. The summed E-state index contributed by atoms with van der Waals surface area (Å²) in [5.74, 6) is -9.70. The molecule has 0 aliphatic carbocycles. The smallest absolute Gasteiger partial charge is 0.328 e. The van der Waals surface area contributed by atoms with E-state index < -0.39 is 128 Å². The molecule has 21 nitrogen and oxygen atoms in total. The van der Waals surface area contributed by atoms with Gasteiger partial charge in [-0.1, -0.05) is 27.7 Å². The first-order chi connectivity index (χ1) is 22.7. The minimum atomic E-state index is -1.80. The molecule has 0 rings (SSSR count). The van der Waals surface area contributed by atoms with E-state index in [0.29, 0.717) is 0 Å². The second-order valence-electron chi connectivity index (χ2n) is 12.0. The Morgan fingerprint density at radius 2 is 1.00 bits per heavy atom. The van der Waals surface area contributed by atoms with Crippen LogP contribution in [0, 0.1) is 11.8 Å². The van der Waals surface area contributed by atoms with Crippen LogP contribution in [0.25, 0.3) is 0 Å². The number of primary amides is 1. The van der Waals surface area contributed by atoms with Gasteiger partial charge in [-0.25, -0.2) is 4.79 Å². The Morgan fingerprint density at radius 1 is 0.571 bits per heavy atom. The van der Waals surface area contributed by atoms with Crippen molar-refractivity contribution in [2.75, 3.05) is 19.8 Å². The standard InChI is InChI=1S/C28H50N8O13/c1-11(2)6-15(24(44)35-20(12(3)4)26(46)34-18(10-39)28(48)49)31-23(43)16(7-19(30)41)32-25(45)17(9-38)33-27(47)21(13(5)40)36-22(42)14(29)8-37/h11-18,20-21,37-40H,6-10,29H2,1-5H3,(H2,30,41)(H,31,43)(H,32,45)(H,33,47)(H,34,46)(H,35,44)(H,36,42)(H,48,49)/t13-,14+,15+,16+,17+,18+,20+,21+/m1/s1. The highest BCUT2D eigenvalue weighted by Crippen LogP contribution is 2.09. The number of aliphatic hydroxyl groups is 4. The molecule has 0 aliphatic heterocycles. The van der Waals surface area contributed by atoms with Crippen LogP contribution in [0.2, 0.25) is 0 Å². The third-order valence-electron chi connectivity index (χ3n) is 6.83. The summed E-state index contributed by atoms with van der Waals surface area (Å²) in [5.41, 5.74) is 10.7. The zero-order valence-electron chi connectivity index (χ0n) is 28.0. The maximum atomic E-state index is 13.3. The number of amides is 7. The maximum Gasteiger partial charge on any atom is 0.328 e. The number of aliphatic hydroxyl groups excluding tert-OH is 4. The third-order valence-corrected chi connectivity index (χ3v) is 6.83. The van der Waals surface area contributed by atoms with Gasteiger partial charge in [-0.2, -0.15) is 0 Å². The number of hydrogen-bond donors (Lipinski definition) is 13. The van der Waals surface area contributed by atoms with Crippen LogP contribution >= 0.6 is 0 Å². The van der Waals surface area contributed by atoms with Gasteiger partial charge in [0, 0.05) is 0 Å². The highest BCUT2D eigenvalue weighted by Gasteiger charge is 2.35. The Morgan fingerprint density at radius 3 is 1.43 bits per heavy atom. The largest absolute Gasteiger partial charge is 0.480 e. The number of carbonyl (C=O) groups is 8. The van der Waals surface area contributed by atoms with Crippen LogP contribution in [-0.4, -0.2) is 141 Å². The van der Waals surface area contributed by atoms with Crippen LogP contribution in [0.1, 0.15) is 47.5 Å². The van der Waals surface area contributed by atoms with E-state index in [1.807, 2.05) is 0 Å². The van der Waals surface area contributed by atoms with Crippen LogP contribution in [0.3, 0.4) is 0 Å². The van der Waals surface area contributed by atoms with Crippen LogP contribution in [0.5, 0.6) is 0 Å². The lowest BCUT2D eigenvalue weighted by Crippen LogP contribution is -2.62. The molecule has 0 aromatic carbocycles. The quantitative estimate of drug-likeness (QED) is 0.0498. The van der Waals surface area contributed by atoms with Gasteiger partial charge >= 0.3 is 5.97 Å². The summed E-state index contributed by atoms with van der Waals surface area (Å²) in [6, 6.07) is -11.0. The molecule has 49 heavy (non-hydrogen) atoms. The Kier molecular flexibility index (Phi) is 19.6. The lowest BCUT2D eigenvalue weighted by molar-refractivity contribution is -0.143. The van der Waals surface area contributed by atoms with E-state index in [-0.39, 0.29) is 12.3 Å². The number of rotatable bonds is 22. The Hall–Kier alpha value is -4.44. The SMILES string of the molecule is CC(C)C[C@H](NC(=O)[C@H](CC(N)=O)NC(=O)[C@H](CO)NC(=O)[C@@H](NC(=O)[C@@H](N)CO)[C@@H](C)O)C(=O)N[C@H](C(=O)N[C@@H](CO)C(=O)O)C(C)C. The molecule has 0 spiro atoms. The van der Waals surface area contributed by atoms with Crippen molar-refractivity contribution in [2.24, 2.45) is 23.3 Å². The van der Waals surface area contributed by atoms with E-state index in [1.54, 1.807) is 27.7 Å².